The number of nitrogens with two attached hydrogens (primary N) is 1. The first-order chi connectivity index (χ1) is 9.85. The molecule has 1 aromatic rings. The molecule has 0 aliphatic rings. The Bertz CT molecular complexity index is 461. The minimum atomic E-state index is -0.0824. The van der Waals surface area contributed by atoms with Gasteiger partial charge in [-0.15, -0.1) is 0 Å². The van der Waals surface area contributed by atoms with Crippen LogP contribution < -0.4 is 15.8 Å². The van der Waals surface area contributed by atoms with Gasteiger partial charge in [-0.2, -0.15) is 0 Å². The Balaban J connectivity index is 2.65. The van der Waals surface area contributed by atoms with Gasteiger partial charge >= 0.3 is 0 Å². The van der Waals surface area contributed by atoms with E-state index in [0.717, 1.165) is 23.3 Å². The van der Waals surface area contributed by atoms with Gasteiger partial charge in [-0.05, 0) is 56.3 Å². The molecule has 3 N–H and O–H groups in total. The van der Waals surface area contributed by atoms with Gasteiger partial charge in [0.05, 0.1) is 0 Å². The van der Waals surface area contributed by atoms with Crippen molar-refractivity contribution in [2.75, 3.05) is 13.2 Å². The van der Waals surface area contributed by atoms with Gasteiger partial charge in [-0.3, -0.25) is 4.79 Å². The lowest BCUT2D eigenvalue weighted by Gasteiger charge is -2.18. The summed E-state index contributed by atoms with van der Waals surface area (Å²) in [7, 11) is 0. The SMILES string of the molecule is Cc1cc(CCN)cc(C)c1OCC(=O)NC(C)C(C)C. The van der Waals surface area contributed by atoms with E-state index in [1.165, 1.54) is 5.56 Å². The number of hydrogen-bond donors (Lipinski definition) is 2. The highest BCUT2D eigenvalue weighted by molar-refractivity contribution is 5.77. The van der Waals surface area contributed by atoms with Crippen molar-refractivity contribution >= 4 is 5.91 Å². The monoisotopic (exact) mass is 292 g/mol. The number of carbonyl (C=O) groups excluding carboxylic acids is 1. The van der Waals surface area contributed by atoms with Gasteiger partial charge in [0.25, 0.3) is 5.91 Å². The van der Waals surface area contributed by atoms with Crippen molar-refractivity contribution in [3.63, 3.8) is 0 Å². The van der Waals surface area contributed by atoms with Gasteiger partial charge in [-0.25, -0.2) is 0 Å². The van der Waals surface area contributed by atoms with E-state index in [2.05, 4.69) is 31.3 Å². The number of rotatable bonds is 7. The topological polar surface area (TPSA) is 64.3 Å². The maximum absolute atomic E-state index is 11.9. The molecule has 1 amide bonds. The van der Waals surface area contributed by atoms with Crippen LogP contribution in [0.25, 0.3) is 0 Å². The summed E-state index contributed by atoms with van der Waals surface area (Å²) in [6, 6.07) is 4.29. The van der Waals surface area contributed by atoms with Gasteiger partial charge in [-0.1, -0.05) is 26.0 Å². The average molecular weight is 292 g/mol. The molecule has 21 heavy (non-hydrogen) atoms. The van der Waals surface area contributed by atoms with Crippen LogP contribution in [-0.4, -0.2) is 25.1 Å². The van der Waals surface area contributed by atoms with Gasteiger partial charge < -0.3 is 15.8 Å². The molecule has 0 aliphatic heterocycles. The Morgan fingerprint density at radius 2 is 1.81 bits per heavy atom. The minimum Gasteiger partial charge on any atom is -0.483 e. The van der Waals surface area contributed by atoms with Crippen molar-refractivity contribution in [3.8, 4) is 5.75 Å². The van der Waals surface area contributed by atoms with Gasteiger partial charge in [0.2, 0.25) is 0 Å². The first-order valence-corrected chi connectivity index (χ1v) is 7.57. The Morgan fingerprint density at radius 1 is 1.24 bits per heavy atom. The summed E-state index contributed by atoms with van der Waals surface area (Å²) < 4.78 is 5.70. The number of nitrogens with one attached hydrogen (secondary N) is 1. The summed E-state index contributed by atoms with van der Waals surface area (Å²) in [5.41, 5.74) is 8.88. The average Bonchev–Trinajstić information content (AvgIpc) is 2.37. The second kappa shape index (κ2) is 8.03. The molecule has 0 spiro atoms. The number of amides is 1. The molecule has 4 nitrogen and oxygen atoms in total. The summed E-state index contributed by atoms with van der Waals surface area (Å²) in [5, 5.41) is 2.94. The van der Waals surface area contributed by atoms with Crippen molar-refractivity contribution in [1.82, 2.24) is 5.32 Å². The largest absolute Gasteiger partial charge is 0.483 e. The molecule has 0 aliphatic carbocycles. The number of aryl methyl sites for hydroxylation is 2. The molecule has 0 bridgehead atoms. The first kappa shape index (κ1) is 17.5. The fourth-order valence-corrected chi connectivity index (χ4v) is 2.18. The summed E-state index contributed by atoms with van der Waals surface area (Å²) in [6.45, 7) is 10.8. The van der Waals surface area contributed by atoms with Crippen LogP contribution in [0, 0.1) is 19.8 Å². The summed E-state index contributed by atoms with van der Waals surface area (Å²) in [4.78, 5) is 11.9. The maximum Gasteiger partial charge on any atom is 0.258 e. The molecule has 0 heterocycles. The van der Waals surface area contributed by atoms with E-state index in [9.17, 15) is 4.79 Å². The summed E-state index contributed by atoms with van der Waals surface area (Å²) >= 11 is 0. The van der Waals surface area contributed by atoms with Crippen molar-refractivity contribution in [2.45, 2.75) is 47.1 Å². The van der Waals surface area contributed by atoms with Crippen LogP contribution in [0.4, 0.5) is 0 Å². The van der Waals surface area contributed by atoms with Crippen LogP contribution in [-0.2, 0) is 11.2 Å². The maximum atomic E-state index is 11.9. The Hall–Kier alpha value is -1.55. The molecule has 0 aromatic heterocycles. The lowest BCUT2D eigenvalue weighted by atomic mass is 10.0. The lowest BCUT2D eigenvalue weighted by Crippen LogP contribution is -2.39. The molecular formula is C17H28N2O2. The summed E-state index contributed by atoms with van der Waals surface area (Å²) in [6.07, 6.45) is 0.856. The van der Waals surface area contributed by atoms with Crippen LogP contribution in [0.1, 0.15) is 37.5 Å². The zero-order valence-electron chi connectivity index (χ0n) is 13.8. The van der Waals surface area contributed by atoms with E-state index >= 15 is 0 Å². The van der Waals surface area contributed by atoms with E-state index in [1.54, 1.807) is 0 Å². The first-order valence-electron chi connectivity index (χ1n) is 7.57. The second-order valence-corrected chi connectivity index (χ2v) is 5.99. The minimum absolute atomic E-state index is 0.0506. The molecule has 0 saturated carbocycles. The highest BCUT2D eigenvalue weighted by atomic mass is 16.5. The fraction of sp³-hybridized carbons (Fsp3) is 0.588. The Labute approximate surface area is 128 Å². The Morgan fingerprint density at radius 3 is 2.29 bits per heavy atom. The third kappa shape index (κ3) is 5.38. The third-order valence-electron chi connectivity index (χ3n) is 3.69. The van der Waals surface area contributed by atoms with Gasteiger partial charge in [0.1, 0.15) is 5.75 Å². The quantitative estimate of drug-likeness (QED) is 0.811. The highest BCUT2D eigenvalue weighted by Gasteiger charge is 2.13. The second-order valence-electron chi connectivity index (χ2n) is 5.99. The van der Waals surface area contributed by atoms with Crippen LogP contribution >= 0.6 is 0 Å². The third-order valence-corrected chi connectivity index (χ3v) is 3.69. The van der Waals surface area contributed by atoms with Crippen LogP contribution in [0.3, 0.4) is 0 Å². The smallest absolute Gasteiger partial charge is 0.258 e. The number of carbonyl (C=O) groups is 1. The Kier molecular flexibility index (Phi) is 6.69. The van der Waals surface area contributed by atoms with E-state index in [1.807, 2.05) is 20.8 Å². The van der Waals surface area contributed by atoms with Crippen LogP contribution in [0.2, 0.25) is 0 Å². The predicted molar refractivity (Wildman–Crippen MR) is 86.6 cm³/mol. The van der Waals surface area contributed by atoms with Crippen molar-refractivity contribution in [3.05, 3.63) is 28.8 Å². The highest BCUT2D eigenvalue weighted by Crippen LogP contribution is 2.25. The van der Waals surface area contributed by atoms with E-state index in [0.29, 0.717) is 12.5 Å². The van der Waals surface area contributed by atoms with Crippen LogP contribution in [0.15, 0.2) is 12.1 Å². The van der Waals surface area contributed by atoms with E-state index in [4.69, 9.17) is 10.5 Å². The molecule has 1 rings (SSSR count). The van der Waals surface area contributed by atoms with Gasteiger partial charge in [0.15, 0.2) is 6.61 Å². The molecule has 118 valence electrons. The van der Waals surface area contributed by atoms with Gasteiger partial charge in [0, 0.05) is 6.04 Å². The van der Waals surface area contributed by atoms with Crippen LogP contribution in [0.5, 0.6) is 5.75 Å². The molecule has 1 aromatic carbocycles. The number of ether oxygens (including phenoxy) is 1. The molecular weight excluding hydrogens is 264 g/mol. The zero-order chi connectivity index (χ0) is 16.0. The number of hydrogen-bond acceptors (Lipinski definition) is 3. The molecule has 1 unspecified atom stereocenters. The normalized spacial score (nSPS) is 12.3. The molecule has 0 fully saturated rings. The lowest BCUT2D eigenvalue weighted by molar-refractivity contribution is -0.124. The van der Waals surface area contributed by atoms with E-state index in [-0.39, 0.29) is 18.6 Å². The molecule has 0 saturated heterocycles. The standard InChI is InChI=1S/C17H28N2O2/c1-11(2)14(5)19-16(20)10-21-17-12(3)8-15(6-7-18)9-13(17)4/h8-9,11,14H,6-7,10,18H2,1-5H3,(H,19,20). The van der Waals surface area contributed by atoms with Crippen molar-refractivity contribution < 1.29 is 9.53 Å². The predicted octanol–water partition coefficient (Wildman–Crippen LogP) is 2.34. The number of benzene rings is 1. The molecule has 4 heteroatoms. The zero-order valence-corrected chi connectivity index (χ0v) is 13.8. The van der Waals surface area contributed by atoms with Crippen molar-refractivity contribution in [2.24, 2.45) is 11.7 Å². The van der Waals surface area contributed by atoms with E-state index < -0.39 is 0 Å². The summed E-state index contributed by atoms with van der Waals surface area (Å²) in [5.74, 6) is 1.12. The molecule has 1 atom stereocenters. The fourth-order valence-electron chi connectivity index (χ4n) is 2.18. The van der Waals surface area contributed by atoms with Crippen molar-refractivity contribution in [1.29, 1.82) is 0 Å². The molecule has 0 radical (unpaired) electrons.